The van der Waals surface area contributed by atoms with Gasteiger partial charge in [-0.25, -0.2) is 4.39 Å². The van der Waals surface area contributed by atoms with Crippen LogP contribution in [-0.2, 0) is 17.8 Å². The lowest BCUT2D eigenvalue weighted by Crippen LogP contribution is -2.30. The first-order valence-electron chi connectivity index (χ1n) is 10.6. The molecule has 0 radical (unpaired) electrons. The maximum absolute atomic E-state index is 13.4. The second-order valence-electron chi connectivity index (χ2n) is 7.50. The van der Waals surface area contributed by atoms with Crippen molar-refractivity contribution in [1.82, 2.24) is 5.32 Å². The minimum Gasteiger partial charge on any atom is -0.493 e. The number of nitrogens with one attached hydrogen (secondary N) is 2. The van der Waals surface area contributed by atoms with Crippen LogP contribution in [0.15, 0.2) is 71.6 Å². The fourth-order valence-corrected chi connectivity index (χ4v) is 4.37. The number of ether oxygens (including phenoxy) is 2. The van der Waals surface area contributed by atoms with Crippen LogP contribution in [0.5, 0.6) is 11.5 Å². The Balaban J connectivity index is 1.42. The van der Waals surface area contributed by atoms with Crippen LogP contribution >= 0.6 is 11.8 Å². The fraction of sp³-hybridized carbons (Fsp3) is 0.192. The third kappa shape index (κ3) is 5.87. The maximum Gasteiger partial charge on any atom is 0.260 e. The molecule has 1 heterocycles. The molecule has 1 saturated heterocycles. The lowest BCUT2D eigenvalue weighted by Gasteiger charge is -2.13. The van der Waals surface area contributed by atoms with E-state index in [1.165, 1.54) is 29.5 Å². The van der Waals surface area contributed by atoms with Gasteiger partial charge in [0.05, 0.1) is 12.0 Å². The molecule has 0 saturated carbocycles. The normalized spacial score (nSPS) is 16.5. The van der Waals surface area contributed by atoms with Gasteiger partial charge < -0.3 is 20.1 Å². The number of anilines is 1. The van der Waals surface area contributed by atoms with Crippen LogP contribution in [0.2, 0.25) is 0 Å². The molecule has 1 aliphatic rings. The highest BCUT2D eigenvalue weighted by Crippen LogP contribution is 2.33. The molecule has 0 unspecified atom stereocenters. The number of methoxy groups -OCH3 is 1. The second kappa shape index (κ2) is 10.4. The maximum atomic E-state index is 13.4. The summed E-state index contributed by atoms with van der Waals surface area (Å²) < 4.78 is 24.6. The van der Waals surface area contributed by atoms with Gasteiger partial charge in [-0.1, -0.05) is 49.0 Å². The molecule has 33 heavy (non-hydrogen) atoms. The highest BCUT2D eigenvalue weighted by atomic mass is 32.2. The molecule has 1 fully saturated rings. The van der Waals surface area contributed by atoms with Crippen molar-refractivity contribution in [3.05, 3.63) is 94.1 Å². The van der Waals surface area contributed by atoms with E-state index in [1.807, 2.05) is 30.3 Å². The van der Waals surface area contributed by atoms with Gasteiger partial charge in [0.2, 0.25) is 0 Å². The standard InChI is InChI=1S/C26H25FN2O3S/c1-3-17-7-10-21(11-8-17)28-26-29-25(30)24(33-26)15-18-9-12-22(23(14-18)31-2)32-16-19-5-4-6-20(27)13-19/h4-15,26,28H,3,16H2,1-2H3,(H,29,30)/b24-15-/t26-/m1/s1. The molecule has 1 atom stereocenters. The number of carbonyl (C=O) groups excluding carboxylic acids is 1. The number of hydrogen-bond donors (Lipinski definition) is 2. The molecule has 0 aromatic heterocycles. The molecule has 3 aromatic carbocycles. The Morgan fingerprint density at radius 1 is 1.06 bits per heavy atom. The lowest BCUT2D eigenvalue weighted by molar-refractivity contribution is -0.116. The highest BCUT2D eigenvalue weighted by Gasteiger charge is 2.27. The van der Waals surface area contributed by atoms with E-state index < -0.39 is 0 Å². The van der Waals surface area contributed by atoms with Gasteiger partial charge in [-0.15, -0.1) is 0 Å². The van der Waals surface area contributed by atoms with Gasteiger partial charge in [-0.3, -0.25) is 4.79 Å². The minimum atomic E-state index is -0.303. The summed E-state index contributed by atoms with van der Waals surface area (Å²) in [5.74, 6) is 0.647. The number of thioether (sulfide) groups is 1. The van der Waals surface area contributed by atoms with Crippen molar-refractivity contribution in [2.45, 2.75) is 25.4 Å². The van der Waals surface area contributed by atoms with Gasteiger partial charge in [0.1, 0.15) is 12.4 Å². The van der Waals surface area contributed by atoms with Crippen LogP contribution in [-0.4, -0.2) is 18.5 Å². The zero-order valence-corrected chi connectivity index (χ0v) is 19.2. The van der Waals surface area contributed by atoms with Gasteiger partial charge in [-0.05, 0) is 65.6 Å². The van der Waals surface area contributed by atoms with Crippen LogP contribution in [0.25, 0.3) is 6.08 Å². The number of aryl methyl sites for hydroxylation is 1. The Morgan fingerprint density at radius 2 is 1.88 bits per heavy atom. The summed E-state index contributed by atoms with van der Waals surface area (Å²) in [6.45, 7) is 2.34. The molecule has 0 bridgehead atoms. The van der Waals surface area contributed by atoms with Gasteiger partial charge in [0, 0.05) is 5.69 Å². The van der Waals surface area contributed by atoms with Crippen molar-refractivity contribution in [1.29, 1.82) is 0 Å². The summed E-state index contributed by atoms with van der Waals surface area (Å²) in [6.07, 6.45) is 2.81. The highest BCUT2D eigenvalue weighted by molar-refractivity contribution is 8.05. The van der Waals surface area contributed by atoms with Crippen LogP contribution in [0.3, 0.4) is 0 Å². The number of amides is 1. The molecule has 170 valence electrons. The molecular formula is C26H25FN2O3S. The predicted octanol–water partition coefficient (Wildman–Crippen LogP) is 5.58. The summed E-state index contributed by atoms with van der Waals surface area (Å²) >= 11 is 1.43. The zero-order valence-electron chi connectivity index (χ0n) is 18.4. The van der Waals surface area contributed by atoms with Gasteiger partial charge in [0.15, 0.2) is 17.0 Å². The Bertz CT molecular complexity index is 1160. The minimum absolute atomic E-state index is 0.131. The van der Waals surface area contributed by atoms with Crippen molar-refractivity contribution in [2.24, 2.45) is 0 Å². The first-order valence-corrected chi connectivity index (χ1v) is 11.5. The monoisotopic (exact) mass is 464 g/mol. The van der Waals surface area contributed by atoms with E-state index >= 15 is 0 Å². The molecule has 1 amide bonds. The first-order chi connectivity index (χ1) is 16.0. The van der Waals surface area contributed by atoms with Crippen LogP contribution in [0.1, 0.15) is 23.6 Å². The average Bonchev–Trinajstić information content (AvgIpc) is 3.16. The molecule has 7 heteroatoms. The number of rotatable bonds is 8. The molecule has 1 aliphatic heterocycles. The van der Waals surface area contributed by atoms with Crippen LogP contribution in [0.4, 0.5) is 10.1 Å². The van der Waals surface area contributed by atoms with Crippen LogP contribution in [0, 0.1) is 5.82 Å². The third-order valence-corrected chi connectivity index (χ3v) is 6.19. The van der Waals surface area contributed by atoms with Gasteiger partial charge in [-0.2, -0.15) is 0 Å². The smallest absolute Gasteiger partial charge is 0.260 e. The van der Waals surface area contributed by atoms with Crippen LogP contribution < -0.4 is 20.1 Å². The van der Waals surface area contributed by atoms with Gasteiger partial charge in [0.25, 0.3) is 5.91 Å². The van der Waals surface area contributed by atoms with E-state index in [1.54, 1.807) is 25.3 Å². The third-order valence-electron chi connectivity index (χ3n) is 5.16. The summed E-state index contributed by atoms with van der Waals surface area (Å²) in [6, 6.07) is 19.9. The summed E-state index contributed by atoms with van der Waals surface area (Å²) in [5, 5.41) is 6.27. The quantitative estimate of drug-likeness (QED) is 0.427. The second-order valence-corrected chi connectivity index (χ2v) is 8.65. The van der Waals surface area contributed by atoms with Gasteiger partial charge >= 0.3 is 0 Å². The van der Waals surface area contributed by atoms with E-state index in [4.69, 9.17) is 9.47 Å². The molecule has 2 N–H and O–H groups in total. The molecule has 3 aromatic rings. The fourth-order valence-electron chi connectivity index (χ4n) is 3.39. The van der Waals surface area contributed by atoms with Crippen molar-refractivity contribution >= 4 is 29.4 Å². The Labute approximate surface area is 197 Å². The summed E-state index contributed by atoms with van der Waals surface area (Å²) in [4.78, 5) is 13.1. The van der Waals surface area contributed by atoms with Crippen molar-refractivity contribution in [3.8, 4) is 11.5 Å². The molecule has 0 aliphatic carbocycles. The number of hydrogen-bond acceptors (Lipinski definition) is 5. The SMILES string of the molecule is CCc1ccc(N[C@@H]2NC(=O)/C(=C/c3ccc(OCc4cccc(F)c4)c(OC)c3)S2)cc1. The van der Waals surface area contributed by atoms with Crippen molar-refractivity contribution < 1.29 is 18.7 Å². The zero-order chi connectivity index (χ0) is 23.2. The summed E-state index contributed by atoms with van der Waals surface area (Å²) in [7, 11) is 1.56. The number of halogens is 1. The van der Waals surface area contributed by atoms with Crippen molar-refractivity contribution in [3.63, 3.8) is 0 Å². The number of benzene rings is 3. The largest absolute Gasteiger partial charge is 0.493 e. The Morgan fingerprint density at radius 3 is 2.61 bits per heavy atom. The molecule has 5 nitrogen and oxygen atoms in total. The average molecular weight is 465 g/mol. The molecule has 4 rings (SSSR count). The predicted molar refractivity (Wildman–Crippen MR) is 131 cm³/mol. The van der Waals surface area contributed by atoms with E-state index in [9.17, 15) is 9.18 Å². The van der Waals surface area contributed by atoms with Crippen molar-refractivity contribution in [2.75, 3.05) is 12.4 Å². The topological polar surface area (TPSA) is 59.6 Å². The summed E-state index contributed by atoms with van der Waals surface area (Å²) in [5.41, 5.74) is 3.52. The Hall–Kier alpha value is -3.45. The molecular weight excluding hydrogens is 439 g/mol. The number of carbonyl (C=O) groups is 1. The Kier molecular flexibility index (Phi) is 7.19. The van der Waals surface area contributed by atoms with E-state index in [0.717, 1.165) is 23.2 Å². The first kappa shape index (κ1) is 22.7. The lowest BCUT2D eigenvalue weighted by atomic mass is 10.1. The van der Waals surface area contributed by atoms with E-state index in [0.29, 0.717) is 16.4 Å². The van der Waals surface area contributed by atoms with E-state index in [2.05, 4.69) is 29.7 Å². The van der Waals surface area contributed by atoms with E-state index in [-0.39, 0.29) is 23.8 Å². The molecule has 0 spiro atoms.